The molecule has 1 aromatic carbocycles. The molecule has 0 radical (unpaired) electrons. The summed E-state index contributed by atoms with van der Waals surface area (Å²) in [5.41, 5.74) is 1.20. The van der Waals surface area contributed by atoms with Gasteiger partial charge in [0.1, 0.15) is 0 Å². The maximum atomic E-state index is 12.1. The summed E-state index contributed by atoms with van der Waals surface area (Å²) in [6.07, 6.45) is 4.22. The Morgan fingerprint density at radius 2 is 1.81 bits per heavy atom. The Bertz CT molecular complexity index is 456. The van der Waals surface area contributed by atoms with E-state index in [1.807, 2.05) is 30.3 Å². The van der Waals surface area contributed by atoms with E-state index in [1.165, 1.54) is 5.56 Å². The molecule has 0 heterocycles. The van der Waals surface area contributed by atoms with Gasteiger partial charge in [-0.25, -0.2) is 0 Å². The SMILES string of the molecule is C=CCN(CCc1ccccc1)C(=O)CCCCC(=O)O. The van der Waals surface area contributed by atoms with Gasteiger partial charge in [0.05, 0.1) is 0 Å². The summed E-state index contributed by atoms with van der Waals surface area (Å²) in [6.45, 7) is 4.88. The van der Waals surface area contributed by atoms with Crippen LogP contribution in [0.3, 0.4) is 0 Å². The van der Waals surface area contributed by atoms with Crippen LogP contribution < -0.4 is 0 Å². The molecule has 0 saturated carbocycles. The van der Waals surface area contributed by atoms with Gasteiger partial charge < -0.3 is 10.0 Å². The maximum absolute atomic E-state index is 12.1. The van der Waals surface area contributed by atoms with Crippen LogP contribution in [0, 0.1) is 0 Å². The van der Waals surface area contributed by atoms with E-state index in [2.05, 4.69) is 6.58 Å². The number of carboxylic acids is 1. The first-order valence-corrected chi connectivity index (χ1v) is 7.28. The van der Waals surface area contributed by atoms with Crippen molar-refractivity contribution in [3.8, 4) is 0 Å². The summed E-state index contributed by atoms with van der Waals surface area (Å²) in [5.74, 6) is -0.745. The number of aliphatic carboxylic acids is 1. The van der Waals surface area contributed by atoms with Gasteiger partial charge in [-0.1, -0.05) is 36.4 Å². The van der Waals surface area contributed by atoms with Crippen LogP contribution in [0.1, 0.15) is 31.2 Å². The molecular weight excluding hydrogens is 266 g/mol. The van der Waals surface area contributed by atoms with Crippen LogP contribution in [0.15, 0.2) is 43.0 Å². The highest BCUT2D eigenvalue weighted by atomic mass is 16.4. The monoisotopic (exact) mass is 289 g/mol. The van der Waals surface area contributed by atoms with Gasteiger partial charge in [0.2, 0.25) is 5.91 Å². The molecule has 4 nitrogen and oxygen atoms in total. The zero-order chi connectivity index (χ0) is 15.5. The number of hydrogen-bond acceptors (Lipinski definition) is 2. The van der Waals surface area contributed by atoms with Crippen LogP contribution in [-0.4, -0.2) is 35.0 Å². The lowest BCUT2D eigenvalue weighted by Crippen LogP contribution is -2.32. The molecule has 1 N–H and O–H groups in total. The Morgan fingerprint density at radius 3 is 2.43 bits per heavy atom. The molecule has 4 heteroatoms. The molecule has 0 saturated heterocycles. The number of carbonyl (C=O) groups is 2. The van der Waals surface area contributed by atoms with Gasteiger partial charge in [-0.15, -0.1) is 6.58 Å². The number of amides is 1. The van der Waals surface area contributed by atoms with Crippen molar-refractivity contribution in [1.82, 2.24) is 4.90 Å². The van der Waals surface area contributed by atoms with E-state index in [0.717, 1.165) is 6.42 Å². The highest BCUT2D eigenvalue weighted by Crippen LogP contribution is 2.06. The largest absolute Gasteiger partial charge is 0.481 e. The predicted molar refractivity (Wildman–Crippen MR) is 83.0 cm³/mol. The number of unbranched alkanes of at least 4 members (excludes halogenated alkanes) is 1. The second kappa shape index (κ2) is 9.75. The summed E-state index contributed by atoms with van der Waals surface area (Å²) < 4.78 is 0. The number of carbonyl (C=O) groups excluding carboxylic acids is 1. The number of hydrogen-bond donors (Lipinski definition) is 1. The Kier molecular flexibility index (Phi) is 7.87. The van der Waals surface area contributed by atoms with Gasteiger partial charge in [0.25, 0.3) is 0 Å². The normalized spacial score (nSPS) is 10.1. The van der Waals surface area contributed by atoms with Crippen LogP contribution in [0.25, 0.3) is 0 Å². The zero-order valence-electron chi connectivity index (χ0n) is 12.3. The summed E-state index contributed by atoms with van der Waals surface area (Å²) in [6, 6.07) is 10.0. The lowest BCUT2D eigenvalue weighted by atomic mass is 10.1. The van der Waals surface area contributed by atoms with E-state index in [4.69, 9.17) is 5.11 Å². The Morgan fingerprint density at radius 1 is 1.14 bits per heavy atom. The highest BCUT2D eigenvalue weighted by Gasteiger charge is 2.12. The fourth-order valence-corrected chi connectivity index (χ4v) is 2.09. The minimum atomic E-state index is -0.811. The molecule has 0 unspecified atom stereocenters. The Labute approximate surface area is 126 Å². The standard InChI is InChI=1S/C17H23NO3/c1-2-13-18(14-12-15-8-4-3-5-9-15)16(19)10-6-7-11-17(20)21/h2-5,8-9H,1,6-7,10-14H2,(H,20,21). The fourth-order valence-electron chi connectivity index (χ4n) is 2.09. The van der Waals surface area contributed by atoms with Crippen molar-refractivity contribution in [2.24, 2.45) is 0 Å². The van der Waals surface area contributed by atoms with Gasteiger partial charge in [0, 0.05) is 25.9 Å². The van der Waals surface area contributed by atoms with E-state index >= 15 is 0 Å². The van der Waals surface area contributed by atoms with Gasteiger partial charge >= 0.3 is 5.97 Å². The summed E-state index contributed by atoms with van der Waals surface area (Å²) >= 11 is 0. The molecule has 1 rings (SSSR count). The minimum absolute atomic E-state index is 0.0659. The number of benzene rings is 1. The van der Waals surface area contributed by atoms with Crippen LogP contribution in [0.2, 0.25) is 0 Å². The van der Waals surface area contributed by atoms with Gasteiger partial charge in [-0.05, 0) is 24.8 Å². The number of rotatable bonds is 10. The van der Waals surface area contributed by atoms with Crippen molar-refractivity contribution >= 4 is 11.9 Å². The molecule has 0 fully saturated rings. The van der Waals surface area contributed by atoms with Crippen LogP contribution in [0.4, 0.5) is 0 Å². The lowest BCUT2D eigenvalue weighted by molar-refractivity contribution is -0.137. The minimum Gasteiger partial charge on any atom is -0.481 e. The Hall–Kier alpha value is -2.10. The quantitative estimate of drug-likeness (QED) is 0.532. The van der Waals surface area contributed by atoms with E-state index in [1.54, 1.807) is 11.0 Å². The van der Waals surface area contributed by atoms with Crippen molar-refractivity contribution in [3.05, 3.63) is 48.6 Å². The molecule has 0 aliphatic heterocycles. The van der Waals surface area contributed by atoms with Crippen molar-refractivity contribution < 1.29 is 14.7 Å². The van der Waals surface area contributed by atoms with Gasteiger partial charge in [-0.3, -0.25) is 9.59 Å². The third kappa shape index (κ3) is 7.30. The average Bonchev–Trinajstić information content (AvgIpc) is 2.48. The van der Waals surface area contributed by atoms with E-state index in [0.29, 0.717) is 32.4 Å². The summed E-state index contributed by atoms with van der Waals surface area (Å²) in [4.78, 5) is 24.3. The number of nitrogens with zero attached hydrogens (tertiary/aromatic N) is 1. The molecule has 0 aliphatic rings. The molecule has 1 aromatic rings. The van der Waals surface area contributed by atoms with Crippen molar-refractivity contribution in [2.75, 3.05) is 13.1 Å². The van der Waals surface area contributed by atoms with Crippen molar-refractivity contribution in [2.45, 2.75) is 32.1 Å². The summed E-state index contributed by atoms with van der Waals surface area (Å²) in [5, 5.41) is 8.57. The molecule has 21 heavy (non-hydrogen) atoms. The molecule has 1 amide bonds. The molecule has 0 aliphatic carbocycles. The highest BCUT2D eigenvalue weighted by molar-refractivity contribution is 5.76. The first kappa shape index (κ1) is 17.0. The van der Waals surface area contributed by atoms with E-state index in [-0.39, 0.29) is 12.3 Å². The topological polar surface area (TPSA) is 57.6 Å². The molecule has 0 spiro atoms. The predicted octanol–water partition coefficient (Wildman–Crippen LogP) is 2.89. The van der Waals surface area contributed by atoms with Gasteiger partial charge in [-0.2, -0.15) is 0 Å². The third-order valence-corrected chi connectivity index (χ3v) is 3.25. The smallest absolute Gasteiger partial charge is 0.303 e. The van der Waals surface area contributed by atoms with Crippen molar-refractivity contribution in [3.63, 3.8) is 0 Å². The third-order valence-electron chi connectivity index (χ3n) is 3.25. The maximum Gasteiger partial charge on any atom is 0.303 e. The molecule has 0 atom stereocenters. The zero-order valence-corrected chi connectivity index (χ0v) is 12.3. The van der Waals surface area contributed by atoms with E-state index < -0.39 is 5.97 Å². The van der Waals surface area contributed by atoms with Crippen LogP contribution >= 0.6 is 0 Å². The second-order valence-electron chi connectivity index (χ2n) is 4.96. The second-order valence-corrected chi connectivity index (χ2v) is 4.96. The first-order chi connectivity index (χ1) is 10.1. The van der Waals surface area contributed by atoms with Crippen LogP contribution in [-0.2, 0) is 16.0 Å². The summed E-state index contributed by atoms with van der Waals surface area (Å²) in [7, 11) is 0. The van der Waals surface area contributed by atoms with Crippen molar-refractivity contribution in [1.29, 1.82) is 0 Å². The average molecular weight is 289 g/mol. The molecule has 0 aromatic heterocycles. The van der Waals surface area contributed by atoms with Gasteiger partial charge in [0.15, 0.2) is 0 Å². The Balaban J connectivity index is 2.38. The molecule has 114 valence electrons. The molecule has 0 bridgehead atoms. The molecular formula is C17H23NO3. The lowest BCUT2D eigenvalue weighted by Gasteiger charge is -2.21. The number of carboxylic acid groups (broad SMARTS) is 1. The first-order valence-electron chi connectivity index (χ1n) is 7.28. The fraction of sp³-hybridized carbons (Fsp3) is 0.412. The van der Waals surface area contributed by atoms with E-state index in [9.17, 15) is 9.59 Å². The van der Waals surface area contributed by atoms with Crippen LogP contribution in [0.5, 0.6) is 0 Å².